The van der Waals surface area contributed by atoms with E-state index >= 15 is 0 Å². The van der Waals surface area contributed by atoms with Crippen LogP contribution in [0, 0.1) is 5.92 Å². The Morgan fingerprint density at radius 2 is 1.21 bits per heavy atom. The molecule has 2 unspecified atom stereocenters. The van der Waals surface area contributed by atoms with Gasteiger partial charge < -0.3 is 14.8 Å². The van der Waals surface area contributed by atoms with Crippen LogP contribution in [0.1, 0.15) is 111 Å². The number of hydrogen-bond donors (Lipinski definition) is 1. The Morgan fingerprint density at radius 3 is 1.75 bits per heavy atom. The first-order valence-electron chi connectivity index (χ1n) is 11.7. The lowest BCUT2D eigenvalue weighted by Crippen LogP contribution is -2.46. The summed E-state index contributed by atoms with van der Waals surface area (Å²) in [5.41, 5.74) is 0. The second kappa shape index (κ2) is 19.1. The van der Waals surface area contributed by atoms with Gasteiger partial charge in [0.1, 0.15) is 6.04 Å². The van der Waals surface area contributed by atoms with E-state index in [-0.39, 0.29) is 11.9 Å². The molecule has 166 valence electrons. The molecule has 0 radical (unpaired) electrons. The van der Waals surface area contributed by atoms with Crippen molar-refractivity contribution in [3.05, 3.63) is 0 Å². The summed E-state index contributed by atoms with van der Waals surface area (Å²) in [6.07, 6.45) is 14.5. The van der Waals surface area contributed by atoms with Crippen molar-refractivity contribution in [1.29, 1.82) is 0 Å². The maximum Gasteiger partial charge on any atom is 0.407 e. The number of alkyl carbamates (subject to hydrolysis) is 1. The van der Waals surface area contributed by atoms with Crippen molar-refractivity contribution in [3.8, 4) is 0 Å². The summed E-state index contributed by atoms with van der Waals surface area (Å²) in [6.45, 7) is 9.02. The van der Waals surface area contributed by atoms with Crippen LogP contribution in [-0.2, 0) is 14.3 Å². The lowest BCUT2D eigenvalue weighted by molar-refractivity contribution is -0.147. The largest absolute Gasteiger partial charge is 0.464 e. The number of ether oxygens (including phenoxy) is 2. The Kier molecular flexibility index (Phi) is 18.2. The van der Waals surface area contributed by atoms with Crippen LogP contribution in [0.15, 0.2) is 0 Å². The highest BCUT2D eigenvalue weighted by Crippen LogP contribution is 2.12. The standard InChI is InChI=1S/C23H45NO4/c1-5-8-10-11-12-13-14-15-16-17-19-27-22(25)21(20(4)7-3)24-23(26)28-18-9-6-2/h20-21H,5-19H2,1-4H3,(H,24,26). The van der Waals surface area contributed by atoms with Gasteiger partial charge in [0, 0.05) is 0 Å². The van der Waals surface area contributed by atoms with Gasteiger partial charge >= 0.3 is 12.1 Å². The Balaban J connectivity index is 3.92. The molecule has 1 amide bonds. The molecule has 2 atom stereocenters. The highest BCUT2D eigenvalue weighted by atomic mass is 16.6. The molecule has 0 aromatic carbocycles. The summed E-state index contributed by atoms with van der Waals surface area (Å²) in [5, 5.41) is 2.68. The van der Waals surface area contributed by atoms with E-state index in [1.807, 2.05) is 20.8 Å². The number of rotatable bonds is 18. The van der Waals surface area contributed by atoms with Gasteiger partial charge in [0.25, 0.3) is 0 Å². The molecule has 0 fully saturated rings. The van der Waals surface area contributed by atoms with Crippen LogP contribution >= 0.6 is 0 Å². The van der Waals surface area contributed by atoms with Crippen LogP contribution in [0.3, 0.4) is 0 Å². The van der Waals surface area contributed by atoms with E-state index in [0.717, 1.165) is 32.1 Å². The molecule has 0 heterocycles. The maximum absolute atomic E-state index is 12.4. The molecule has 5 nitrogen and oxygen atoms in total. The number of unbranched alkanes of at least 4 members (excludes halogenated alkanes) is 10. The molecule has 0 spiro atoms. The van der Waals surface area contributed by atoms with E-state index in [2.05, 4.69) is 12.2 Å². The molecule has 0 aliphatic rings. The Morgan fingerprint density at radius 1 is 0.714 bits per heavy atom. The second-order valence-electron chi connectivity index (χ2n) is 7.85. The topological polar surface area (TPSA) is 64.6 Å². The number of carbonyl (C=O) groups is 2. The number of esters is 1. The molecule has 0 aliphatic carbocycles. The molecule has 0 rings (SSSR count). The van der Waals surface area contributed by atoms with Crippen molar-refractivity contribution in [1.82, 2.24) is 5.32 Å². The average molecular weight is 400 g/mol. The Labute approximate surface area is 173 Å². The predicted octanol–water partition coefficient (Wildman–Crippen LogP) is 6.39. The molecular formula is C23H45NO4. The molecule has 0 saturated carbocycles. The van der Waals surface area contributed by atoms with Gasteiger partial charge in [0.15, 0.2) is 0 Å². The van der Waals surface area contributed by atoms with Crippen molar-refractivity contribution in [2.45, 2.75) is 117 Å². The molecule has 0 saturated heterocycles. The first kappa shape index (κ1) is 26.7. The summed E-state index contributed by atoms with van der Waals surface area (Å²) in [7, 11) is 0. The van der Waals surface area contributed by atoms with E-state index in [1.54, 1.807) is 0 Å². The number of hydrogen-bond acceptors (Lipinski definition) is 4. The van der Waals surface area contributed by atoms with Gasteiger partial charge in [0.2, 0.25) is 0 Å². The van der Waals surface area contributed by atoms with Crippen LogP contribution < -0.4 is 5.32 Å². The van der Waals surface area contributed by atoms with Crippen LogP contribution in [-0.4, -0.2) is 31.3 Å². The van der Waals surface area contributed by atoms with Gasteiger partial charge in [-0.3, -0.25) is 0 Å². The number of nitrogens with one attached hydrogen (secondary N) is 1. The van der Waals surface area contributed by atoms with Crippen molar-refractivity contribution < 1.29 is 19.1 Å². The van der Waals surface area contributed by atoms with Gasteiger partial charge in [-0.2, -0.15) is 0 Å². The minimum atomic E-state index is -0.637. The molecule has 5 heteroatoms. The molecular weight excluding hydrogens is 354 g/mol. The van der Waals surface area contributed by atoms with E-state index in [0.29, 0.717) is 13.2 Å². The summed E-state index contributed by atoms with van der Waals surface area (Å²) in [4.78, 5) is 24.2. The zero-order valence-corrected chi connectivity index (χ0v) is 18.9. The first-order valence-corrected chi connectivity index (χ1v) is 11.7. The van der Waals surface area contributed by atoms with Gasteiger partial charge in [-0.1, -0.05) is 98.3 Å². The van der Waals surface area contributed by atoms with Crippen molar-refractivity contribution in [2.75, 3.05) is 13.2 Å². The minimum absolute atomic E-state index is 0.0129. The highest BCUT2D eigenvalue weighted by Gasteiger charge is 2.27. The van der Waals surface area contributed by atoms with Gasteiger partial charge in [-0.25, -0.2) is 9.59 Å². The third-order valence-electron chi connectivity index (χ3n) is 5.21. The van der Waals surface area contributed by atoms with E-state index < -0.39 is 12.1 Å². The zero-order valence-electron chi connectivity index (χ0n) is 18.9. The van der Waals surface area contributed by atoms with Crippen molar-refractivity contribution in [3.63, 3.8) is 0 Å². The van der Waals surface area contributed by atoms with E-state index in [4.69, 9.17) is 9.47 Å². The molecule has 0 aliphatic heterocycles. The molecule has 0 aromatic heterocycles. The van der Waals surface area contributed by atoms with Crippen LogP contribution in [0.5, 0.6) is 0 Å². The van der Waals surface area contributed by atoms with Crippen molar-refractivity contribution >= 4 is 12.1 Å². The fourth-order valence-corrected chi connectivity index (χ4v) is 3.00. The highest BCUT2D eigenvalue weighted by molar-refractivity contribution is 5.81. The fraction of sp³-hybridized carbons (Fsp3) is 0.913. The number of amides is 1. The number of carbonyl (C=O) groups excluding carboxylic acids is 2. The predicted molar refractivity (Wildman–Crippen MR) is 115 cm³/mol. The van der Waals surface area contributed by atoms with Gasteiger partial charge in [-0.05, 0) is 18.8 Å². The van der Waals surface area contributed by atoms with Crippen LogP contribution in [0.25, 0.3) is 0 Å². The SMILES string of the molecule is CCCCCCCCCCCCOC(=O)C(NC(=O)OCCCC)C(C)CC. The Bertz CT molecular complexity index is 387. The Hall–Kier alpha value is -1.26. The monoisotopic (exact) mass is 399 g/mol. The average Bonchev–Trinajstić information content (AvgIpc) is 2.69. The first-order chi connectivity index (χ1) is 13.6. The summed E-state index contributed by atoms with van der Waals surface area (Å²) >= 11 is 0. The molecule has 1 N–H and O–H groups in total. The van der Waals surface area contributed by atoms with E-state index in [9.17, 15) is 9.59 Å². The maximum atomic E-state index is 12.4. The van der Waals surface area contributed by atoms with E-state index in [1.165, 1.54) is 51.4 Å². The van der Waals surface area contributed by atoms with Gasteiger partial charge in [-0.15, -0.1) is 0 Å². The third-order valence-corrected chi connectivity index (χ3v) is 5.21. The minimum Gasteiger partial charge on any atom is -0.464 e. The smallest absolute Gasteiger partial charge is 0.407 e. The lowest BCUT2D eigenvalue weighted by atomic mass is 9.99. The van der Waals surface area contributed by atoms with Gasteiger partial charge in [0.05, 0.1) is 13.2 Å². The van der Waals surface area contributed by atoms with Crippen molar-refractivity contribution in [2.24, 2.45) is 5.92 Å². The lowest BCUT2D eigenvalue weighted by Gasteiger charge is -2.22. The second-order valence-corrected chi connectivity index (χ2v) is 7.85. The molecule has 0 aromatic rings. The van der Waals surface area contributed by atoms with Crippen LogP contribution in [0.2, 0.25) is 0 Å². The fourth-order valence-electron chi connectivity index (χ4n) is 3.00. The summed E-state index contributed by atoms with van der Waals surface area (Å²) in [5.74, 6) is -0.336. The normalized spacial score (nSPS) is 13.0. The summed E-state index contributed by atoms with van der Waals surface area (Å²) < 4.78 is 10.5. The molecule has 28 heavy (non-hydrogen) atoms. The quantitative estimate of drug-likeness (QED) is 0.214. The summed E-state index contributed by atoms with van der Waals surface area (Å²) in [6, 6.07) is -0.637. The van der Waals surface area contributed by atoms with Crippen LogP contribution in [0.4, 0.5) is 4.79 Å². The third kappa shape index (κ3) is 14.8. The molecule has 0 bridgehead atoms. The zero-order chi connectivity index (χ0) is 21.0.